The maximum Gasteiger partial charge on any atom is 0.161 e. The summed E-state index contributed by atoms with van der Waals surface area (Å²) in [4.78, 5) is 0. The molecular formula is C10H10BrClO2. The number of phenols is 1. The van der Waals surface area contributed by atoms with Gasteiger partial charge in [0.25, 0.3) is 0 Å². The van der Waals surface area contributed by atoms with Gasteiger partial charge in [-0.2, -0.15) is 0 Å². The first-order chi connectivity index (χ1) is 6.69. The number of hydrogen-bond donors (Lipinski definition) is 1. The van der Waals surface area contributed by atoms with Gasteiger partial charge in [0.05, 0.1) is 7.11 Å². The van der Waals surface area contributed by atoms with Crippen LogP contribution < -0.4 is 4.74 Å². The first kappa shape index (κ1) is 11.4. The molecule has 2 nitrogen and oxygen atoms in total. The molecule has 0 aliphatic rings. The summed E-state index contributed by atoms with van der Waals surface area (Å²) in [5.41, 5.74) is 0.865. The molecule has 0 bridgehead atoms. The van der Waals surface area contributed by atoms with E-state index in [-0.39, 0.29) is 5.75 Å². The highest BCUT2D eigenvalue weighted by atomic mass is 79.9. The van der Waals surface area contributed by atoms with Gasteiger partial charge in [0.15, 0.2) is 11.5 Å². The molecule has 0 spiro atoms. The van der Waals surface area contributed by atoms with Crippen molar-refractivity contribution in [1.29, 1.82) is 0 Å². The zero-order valence-corrected chi connectivity index (χ0v) is 9.97. The summed E-state index contributed by atoms with van der Waals surface area (Å²) in [5, 5.41) is 9.50. The fourth-order valence-electron chi connectivity index (χ4n) is 1.02. The van der Waals surface area contributed by atoms with Crippen molar-refractivity contribution in [3.05, 3.63) is 28.2 Å². The molecule has 0 amide bonds. The summed E-state index contributed by atoms with van der Waals surface area (Å²) < 4.78 is 5.81. The maximum atomic E-state index is 9.50. The van der Waals surface area contributed by atoms with Gasteiger partial charge in [-0.25, -0.2) is 0 Å². The number of aromatic hydroxyl groups is 1. The predicted molar refractivity (Wildman–Crippen MR) is 62.1 cm³/mol. The van der Waals surface area contributed by atoms with Crippen molar-refractivity contribution in [3.63, 3.8) is 0 Å². The first-order valence-electron chi connectivity index (χ1n) is 3.98. The van der Waals surface area contributed by atoms with Gasteiger partial charge < -0.3 is 9.84 Å². The third-order valence-electron chi connectivity index (χ3n) is 1.68. The lowest BCUT2D eigenvalue weighted by Crippen LogP contribution is -1.85. The molecule has 1 aromatic carbocycles. The normalized spacial score (nSPS) is 10.8. The van der Waals surface area contributed by atoms with Crippen LogP contribution in [0.25, 0.3) is 6.08 Å². The molecule has 0 fully saturated rings. The largest absolute Gasteiger partial charge is 0.504 e. The van der Waals surface area contributed by atoms with Crippen LogP contribution in [0.1, 0.15) is 5.56 Å². The van der Waals surface area contributed by atoms with E-state index in [1.165, 1.54) is 7.11 Å². The quantitative estimate of drug-likeness (QED) is 0.858. The number of rotatable bonds is 3. The molecule has 76 valence electrons. The molecule has 0 aliphatic heterocycles. The van der Waals surface area contributed by atoms with Gasteiger partial charge in [0.2, 0.25) is 0 Å². The summed E-state index contributed by atoms with van der Waals surface area (Å²) in [5.74, 6) is 1.00. The van der Waals surface area contributed by atoms with E-state index in [9.17, 15) is 5.11 Å². The van der Waals surface area contributed by atoms with Crippen molar-refractivity contribution in [2.75, 3.05) is 13.0 Å². The standard InChI is InChI=1S/C10H10BrClO2/c1-14-10-6-8(11)7(3-2-4-12)5-9(10)13/h2-3,5-6,13H,4H2,1H3. The molecule has 4 heteroatoms. The minimum atomic E-state index is 0.116. The van der Waals surface area contributed by atoms with E-state index in [2.05, 4.69) is 15.9 Å². The molecule has 0 aliphatic carbocycles. The third kappa shape index (κ3) is 2.66. The average molecular weight is 278 g/mol. The fraction of sp³-hybridized carbons (Fsp3) is 0.200. The highest BCUT2D eigenvalue weighted by Crippen LogP contribution is 2.32. The van der Waals surface area contributed by atoms with E-state index < -0.39 is 0 Å². The van der Waals surface area contributed by atoms with E-state index in [0.717, 1.165) is 10.0 Å². The van der Waals surface area contributed by atoms with Crippen LogP contribution >= 0.6 is 27.5 Å². The van der Waals surface area contributed by atoms with Crippen molar-refractivity contribution in [2.45, 2.75) is 0 Å². The van der Waals surface area contributed by atoms with E-state index in [0.29, 0.717) is 11.6 Å². The van der Waals surface area contributed by atoms with Crippen LogP contribution in [0.3, 0.4) is 0 Å². The summed E-state index contributed by atoms with van der Waals surface area (Å²) >= 11 is 8.88. The topological polar surface area (TPSA) is 29.5 Å². The van der Waals surface area contributed by atoms with Gasteiger partial charge in [-0.15, -0.1) is 11.6 Å². The second kappa shape index (κ2) is 5.27. The van der Waals surface area contributed by atoms with Gasteiger partial charge >= 0.3 is 0 Å². The number of ether oxygens (including phenoxy) is 1. The predicted octanol–water partition coefficient (Wildman–Crippen LogP) is 3.42. The Morgan fingerprint density at radius 2 is 2.29 bits per heavy atom. The van der Waals surface area contributed by atoms with Crippen LogP contribution in [0.15, 0.2) is 22.7 Å². The van der Waals surface area contributed by atoms with Gasteiger partial charge in [0.1, 0.15) is 0 Å². The van der Waals surface area contributed by atoms with Crippen molar-refractivity contribution in [3.8, 4) is 11.5 Å². The highest BCUT2D eigenvalue weighted by Gasteiger charge is 2.05. The summed E-state index contributed by atoms with van der Waals surface area (Å²) in [6, 6.07) is 3.33. The number of phenolic OH excluding ortho intramolecular Hbond substituents is 1. The summed E-state index contributed by atoms with van der Waals surface area (Å²) in [6.45, 7) is 0. The van der Waals surface area contributed by atoms with Gasteiger partial charge in [0, 0.05) is 10.4 Å². The minimum Gasteiger partial charge on any atom is -0.504 e. The number of halogens is 2. The van der Waals surface area contributed by atoms with Crippen molar-refractivity contribution < 1.29 is 9.84 Å². The van der Waals surface area contributed by atoms with E-state index in [4.69, 9.17) is 16.3 Å². The number of benzene rings is 1. The highest BCUT2D eigenvalue weighted by molar-refractivity contribution is 9.10. The van der Waals surface area contributed by atoms with Gasteiger partial charge in [-0.1, -0.05) is 28.1 Å². The Balaban J connectivity index is 3.08. The zero-order valence-electron chi connectivity index (χ0n) is 7.63. The van der Waals surface area contributed by atoms with Crippen molar-refractivity contribution in [1.82, 2.24) is 0 Å². The molecule has 0 unspecified atom stereocenters. The Morgan fingerprint density at radius 3 is 2.86 bits per heavy atom. The van der Waals surface area contributed by atoms with Crippen LogP contribution in [-0.4, -0.2) is 18.1 Å². The summed E-state index contributed by atoms with van der Waals surface area (Å²) in [6.07, 6.45) is 3.63. The Bertz CT molecular complexity index is 350. The van der Waals surface area contributed by atoms with Crippen LogP contribution in [0.5, 0.6) is 11.5 Å². The lowest BCUT2D eigenvalue weighted by molar-refractivity contribution is 0.373. The molecule has 0 saturated heterocycles. The molecule has 0 heterocycles. The molecule has 0 aromatic heterocycles. The number of allylic oxidation sites excluding steroid dienone is 1. The van der Waals surface area contributed by atoms with Crippen LogP contribution in [0.4, 0.5) is 0 Å². The van der Waals surface area contributed by atoms with E-state index >= 15 is 0 Å². The van der Waals surface area contributed by atoms with Crippen LogP contribution in [0.2, 0.25) is 0 Å². The average Bonchev–Trinajstić information content (AvgIpc) is 2.18. The smallest absolute Gasteiger partial charge is 0.161 e. The summed E-state index contributed by atoms with van der Waals surface area (Å²) in [7, 11) is 1.51. The molecule has 0 atom stereocenters. The molecule has 1 N–H and O–H groups in total. The lowest BCUT2D eigenvalue weighted by atomic mass is 10.2. The number of alkyl halides is 1. The fourth-order valence-corrected chi connectivity index (χ4v) is 1.57. The van der Waals surface area contributed by atoms with Crippen LogP contribution in [0, 0.1) is 0 Å². The third-order valence-corrected chi connectivity index (χ3v) is 2.55. The molecular weight excluding hydrogens is 267 g/mol. The minimum absolute atomic E-state index is 0.116. The van der Waals surface area contributed by atoms with E-state index in [1.54, 1.807) is 18.2 Å². The Labute approximate surface area is 96.3 Å². The Morgan fingerprint density at radius 1 is 1.57 bits per heavy atom. The van der Waals surface area contributed by atoms with Gasteiger partial charge in [-0.3, -0.25) is 0 Å². The second-order valence-corrected chi connectivity index (χ2v) is 3.77. The van der Waals surface area contributed by atoms with Crippen molar-refractivity contribution >= 4 is 33.6 Å². The molecule has 1 aromatic rings. The maximum absolute atomic E-state index is 9.50. The molecule has 0 radical (unpaired) electrons. The van der Waals surface area contributed by atoms with Gasteiger partial charge in [-0.05, 0) is 17.7 Å². The first-order valence-corrected chi connectivity index (χ1v) is 5.30. The SMILES string of the molecule is COc1cc(Br)c(C=CCCl)cc1O. The lowest BCUT2D eigenvalue weighted by Gasteiger charge is -2.06. The van der Waals surface area contributed by atoms with E-state index in [1.807, 2.05) is 6.08 Å². The molecule has 1 rings (SSSR count). The van der Waals surface area contributed by atoms with Crippen LogP contribution in [-0.2, 0) is 0 Å². The Kier molecular flexibility index (Phi) is 4.29. The molecule has 0 saturated carbocycles. The Hall–Kier alpha value is -0.670. The second-order valence-electron chi connectivity index (χ2n) is 2.60. The van der Waals surface area contributed by atoms with Crippen molar-refractivity contribution in [2.24, 2.45) is 0 Å². The number of methoxy groups -OCH3 is 1. The molecule has 14 heavy (non-hydrogen) atoms. The zero-order chi connectivity index (χ0) is 10.6. The number of hydrogen-bond acceptors (Lipinski definition) is 2. The monoisotopic (exact) mass is 276 g/mol.